The highest BCUT2D eigenvalue weighted by Crippen LogP contribution is 2.48. The molecule has 1 aromatic carbocycles. The molecule has 0 saturated heterocycles. The van der Waals surface area contributed by atoms with Crippen LogP contribution in [-0.2, 0) is 6.42 Å². The average Bonchev–Trinajstić information content (AvgIpc) is 3.01. The fourth-order valence-corrected chi connectivity index (χ4v) is 4.33. The number of nitrogens with one attached hydrogen (secondary N) is 2. The van der Waals surface area contributed by atoms with Crippen molar-refractivity contribution in [1.82, 2.24) is 10.6 Å². The summed E-state index contributed by atoms with van der Waals surface area (Å²) < 4.78 is 11.9. The molecule has 3 unspecified atom stereocenters. The number of hydrogen-bond donors (Lipinski definition) is 2. The fourth-order valence-electron chi connectivity index (χ4n) is 4.33. The van der Waals surface area contributed by atoms with E-state index in [4.69, 9.17) is 9.47 Å². The lowest BCUT2D eigenvalue weighted by atomic mass is 10.0. The second-order valence-corrected chi connectivity index (χ2v) is 7.85. The third kappa shape index (κ3) is 4.63. The summed E-state index contributed by atoms with van der Waals surface area (Å²) in [4.78, 5) is 4.42. The zero-order valence-corrected chi connectivity index (χ0v) is 18.9. The molecule has 3 atom stereocenters. The van der Waals surface area contributed by atoms with Crippen molar-refractivity contribution in [3.8, 4) is 11.5 Å². The lowest BCUT2D eigenvalue weighted by Gasteiger charge is -2.17. The summed E-state index contributed by atoms with van der Waals surface area (Å²) in [6.45, 7) is 4.87. The van der Waals surface area contributed by atoms with Crippen LogP contribution in [0.25, 0.3) is 0 Å². The van der Waals surface area contributed by atoms with E-state index in [2.05, 4.69) is 34.7 Å². The van der Waals surface area contributed by atoms with Crippen LogP contribution in [0.1, 0.15) is 63.0 Å². The normalized spacial score (nSPS) is 26.8. The first-order valence-electron chi connectivity index (χ1n) is 10.1. The molecule has 2 fully saturated rings. The van der Waals surface area contributed by atoms with Gasteiger partial charge in [-0.1, -0.05) is 12.8 Å². The molecule has 2 aliphatic carbocycles. The second kappa shape index (κ2) is 8.88. The van der Waals surface area contributed by atoms with Gasteiger partial charge < -0.3 is 20.1 Å². The molecule has 3 aliphatic rings. The van der Waals surface area contributed by atoms with E-state index in [1.165, 1.54) is 36.8 Å². The Morgan fingerprint density at radius 1 is 1.26 bits per heavy atom. The van der Waals surface area contributed by atoms with Crippen molar-refractivity contribution >= 4 is 29.9 Å². The Balaban J connectivity index is 0.00000210. The van der Waals surface area contributed by atoms with Crippen LogP contribution >= 0.6 is 24.0 Å². The molecule has 2 saturated carbocycles. The Morgan fingerprint density at radius 2 is 2.04 bits per heavy atom. The highest BCUT2D eigenvalue weighted by Gasteiger charge is 2.42. The highest BCUT2D eigenvalue weighted by atomic mass is 127. The van der Waals surface area contributed by atoms with Crippen LogP contribution in [0.4, 0.5) is 0 Å². The molecule has 5 nitrogen and oxygen atoms in total. The molecule has 27 heavy (non-hydrogen) atoms. The zero-order chi connectivity index (χ0) is 18.1. The SMILES string of the molecule is CCOc1cc2c(cc1C1CC1NC(=NC)NC1CCCC1)OC(C)C2.I. The summed E-state index contributed by atoms with van der Waals surface area (Å²) in [6, 6.07) is 5.40. The van der Waals surface area contributed by atoms with Gasteiger partial charge in [0.1, 0.15) is 17.6 Å². The molecule has 2 N–H and O–H groups in total. The first kappa shape index (κ1) is 20.6. The molecule has 1 aromatic rings. The number of halogens is 1. The summed E-state index contributed by atoms with van der Waals surface area (Å²) in [5.74, 6) is 3.46. The maximum absolute atomic E-state index is 5.97. The van der Waals surface area contributed by atoms with E-state index in [1.807, 2.05) is 14.0 Å². The summed E-state index contributed by atoms with van der Waals surface area (Å²) >= 11 is 0. The first-order valence-corrected chi connectivity index (χ1v) is 10.1. The molecule has 1 aliphatic heterocycles. The maximum Gasteiger partial charge on any atom is 0.191 e. The molecule has 0 radical (unpaired) electrons. The molecular weight excluding hydrogens is 453 g/mol. The molecule has 0 bridgehead atoms. The Hall–Kier alpha value is -1.18. The Bertz CT molecular complexity index is 688. The molecule has 1 heterocycles. The van der Waals surface area contributed by atoms with Crippen molar-refractivity contribution in [3.05, 3.63) is 23.3 Å². The summed E-state index contributed by atoms with van der Waals surface area (Å²) in [7, 11) is 1.86. The van der Waals surface area contributed by atoms with Crippen molar-refractivity contribution < 1.29 is 9.47 Å². The van der Waals surface area contributed by atoms with Gasteiger partial charge in [0.15, 0.2) is 5.96 Å². The van der Waals surface area contributed by atoms with Gasteiger partial charge in [0.05, 0.1) is 6.61 Å². The van der Waals surface area contributed by atoms with Crippen LogP contribution in [0.5, 0.6) is 11.5 Å². The van der Waals surface area contributed by atoms with Crippen LogP contribution in [0.2, 0.25) is 0 Å². The Kier molecular flexibility index (Phi) is 6.76. The largest absolute Gasteiger partial charge is 0.494 e. The van der Waals surface area contributed by atoms with Gasteiger partial charge in [0, 0.05) is 42.6 Å². The lowest BCUT2D eigenvalue weighted by Crippen LogP contribution is -2.43. The van der Waals surface area contributed by atoms with Gasteiger partial charge >= 0.3 is 0 Å². The van der Waals surface area contributed by atoms with Gasteiger partial charge in [0.25, 0.3) is 0 Å². The Morgan fingerprint density at radius 3 is 2.74 bits per heavy atom. The van der Waals surface area contributed by atoms with Gasteiger partial charge in [-0.15, -0.1) is 24.0 Å². The van der Waals surface area contributed by atoms with E-state index in [0.717, 1.165) is 30.3 Å². The standard InChI is InChI=1S/C21H31N3O2.HI/c1-4-25-20-10-14-9-13(2)26-19(14)12-17(20)16-11-18(16)24-21(22-3)23-15-7-5-6-8-15;/h10,12-13,15-16,18H,4-9,11H2,1-3H3,(H2,22,23,24);1H. The molecule has 0 spiro atoms. The number of nitrogens with zero attached hydrogens (tertiary/aromatic N) is 1. The second-order valence-electron chi connectivity index (χ2n) is 7.85. The molecule has 4 rings (SSSR count). The van der Waals surface area contributed by atoms with Crippen LogP contribution in [0, 0.1) is 0 Å². The van der Waals surface area contributed by atoms with Crippen LogP contribution in [0.15, 0.2) is 17.1 Å². The molecule has 0 amide bonds. The van der Waals surface area contributed by atoms with Crippen LogP contribution in [-0.4, -0.2) is 37.8 Å². The van der Waals surface area contributed by atoms with Crippen molar-refractivity contribution in [2.75, 3.05) is 13.7 Å². The third-order valence-corrected chi connectivity index (χ3v) is 5.76. The van der Waals surface area contributed by atoms with Crippen molar-refractivity contribution in [3.63, 3.8) is 0 Å². The summed E-state index contributed by atoms with van der Waals surface area (Å²) in [6.07, 6.45) is 7.50. The quantitative estimate of drug-likeness (QED) is 0.376. The minimum atomic E-state index is 0. The van der Waals surface area contributed by atoms with Crippen LogP contribution in [0.3, 0.4) is 0 Å². The maximum atomic E-state index is 5.97. The van der Waals surface area contributed by atoms with E-state index in [1.54, 1.807) is 0 Å². The topological polar surface area (TPSA) is 54.9 Å². The number of aliphatic imine (C=N–C) groups is 1. The fraction of sp³-hybridized carbons (Fsp3) is 0.667. The zero-order valence-electron chi connectivity index (χ0n) is 16.6. The highest BCUT2D eigenvalue weighted by molar-refractivity contribution is 14.0. The van der Waals surface area contributed by atoms with Crippen molar-refractivity contribution in [1.29, 1.82) is 0 Å². The number of guanidine groups is 1. The van der Waals surface area contributed by atoms with Gasteiger partial charge in [-0.3, -0.25) is 4.99 Å². The van der Waals surface area contributed by atoms with Gasteiger partial charge in [-0.25, -0.2) is 0 Å². The smallest absolute Gasteiger partial charge is 0.191 e. The summed E-state index contributed by atoms with van der Waals surface area (Å²) in [5.41, 5.74) is 2.54. The van der Waals surface area contributed by atoms with Gasteiger partial charge in [0.2, 0.25) is 0 Å². The number of hydrogen-bond acceptors (Lipinski definition) is 3. The minimum Gasteiger partial charge on any atom is -0.494 e. The predicted octanol–water partition coefficient (Wildman–Crippen LogP) is 3.99. The monoisotopic (exact) mass is 485 g/mol. The van der Waals surface area contributed by atoms with E-state index in [9.17, 15) is 0 Å². The molecular formula is C21H32IN3O2. The molecule has 6 heteroatoms. The number of fused-ring (bicyclic) bond motifs is 1. The van der Waals surface area contributed by atoms with Crippen LogP contribution < -0.4 is 20.1 Å². The van der Waals surface area contributed by atoms with Gasteiger partial charge in [-0.2, -0.15) is 0 Å². The minimum absolute atomic E-state index is 0. The Labute approximate surface area is 179 Å². The number of benzene rings is 1. The van der Waals surface area contributed by atoms with Crippen molar-refractivity contribution in [2.45, 2.75) is 76.5 Å². The summed E-state index contributed by atoms with van der Waals surface area (Å²) in [5, 5.41) is 7.18. The molecule has 150 valence electrons. The van der Waals surface area contributed by atoms with Gasteiger partial charge in [-0.05, 0) is 45.2 Å². The van der Waals surface area contributed by atoms with E-state index >= 15 is 0 Å². The van der Waals surface area contributed by atoms with E-state index in [0.29, 0.717) is 24.6 Å². The third-order valence-electron chi connectivity index (χ3n) is 5.76. The number of ether oxygens (including phenoxy) is 2. The lowest BCUT2D eigenvalue weighted by molar-refractivity contribution is 0.254. The van der Waals surface area contributed by atoms with E-state index in [-0.39, 0.29) is 30.1 Å². The van der Waals surface area contributed by atoms with E-state index < -0.39 is 0 Å². The van der Waals surface area contributed by atoms with Crippen molar-refractivity contribution in [2.24, 2.45) is 4.99 Å². The number of rotatable bonds is 5. The molecule has 0 aromatic heterocycles. The average molecular weight is 485 g/mol. The first-order chi connectivity index (χ1) is 12.7. The predicted molar refractivity (Wildman–Crippen MR) is 120 cm³/mol.